The summed E-state index contributed by atoms with van der Waals surface area (Å²) < 4.78 is 5.04. The predicted molar refractivity (Wildman–Crippen MR) is 110 cm³/mol. The molecule has 1 amide bonds. The van der Waals surface area contributed by atoms with Crippen LogP contribution in [0.15, 0.2) is 42.6 Å². The van der Waals surface area contributed by atoms with Gasteiger partial charge in [0.25, 0.3) is 5.91 Å². The van der Waals surface area contributed by atoms with E-state index in [1.165, 1.54) is 25.7 Å². The highest BCUT2D eigenvalue weighted by atomic mass is 16.5. The molecule has 1 heterocycles. The number of hydrogen-bond donors (Lipinski definition) is 2. The number of pyridine rings is 1. The first-order valence-electron chi connectivity index (χ1n) is 9.97. The Kier molecular flexibility index (Phi) is 7.00. The van der Waals surface area contributed by atoms with E-state index in [1.54, 1.807) is 43.5 Å². The highest BCUT2D eigenvalue weighted by Gasteiger charge is 2.16. The maximum absolute atomic E-state index is 12.6. The number of para-hydroxylation sites is 1. The van der Waals surface area contributed by atoms with Crippen LogP contribution >= 0.6 is 0 Å². The Balaban J connectivity index is 1.64. The average Bonchev–Trinajstić information content (AvgIpc) is 2.98. The lowest BCUT2D eigenvalue weighted by Gasteiger charge is -2.17. The molecule has 2 N–H and O–H groups in total. The van der Waals surface area contributed by atoms with Crippen LogP contribution in [0.5, 0.6) is 0 Å². The second kappa shape index (κ2) is 9.88. The number of anilines is 2. The second-order valence-corrected chi connectivity index (χ2v) is 6.99. The molecule has 148 valence electrons. The van der Waals surface area contributed by atoms with E-state index in [2.05, 4.69) is 15.6 Å². The number of hydrogen-bond acceptors (Lipinski definition) is 5. The van der Waals surface area contributed by atoms with Gasteiger partial charge in [-0.05, 0) is 44.0 Å². The Morgan fingerprint density at radius 3 is 2.50 bits per heavy atom. The molecule has 2 aromatic rings. The molecule has 1 saturated carbocycles. The number of carbonyl (C=O) groups is 2. The summed E-state index contributed by atoms with van der Waals surface area (Å²) in [5.41, 5.74) is 1.19. The van der Waals surface area contributed by atoms with Crippen molar-refractivity contribution >= 4 is 23.4 Å². The van der Waals surface area contributed by atoms with Crippen molar-refractivity contribution in [2.45, 2.75) is 51.5 Å². The van der Waals surface area contributed by atoms with Crippen LogP contribution in [-0.2, 0) is 4.74 Å². The number of carbonyl (C=O) groups excluding carboxylic acids is 2. The number of aromatic nitrogens is 1. The topological polar surface area (TPSA) is 80.3 Å². The van der Waals surface area contributed by atoms with Gasteiger partial charge in [-0.25, -0.2) is 9.78 Å². The Bertz CT molecular complexity index is 797. The normalized spacial score (nSPS) is 14.8. The van der Waals surface area contributed by atoms with Crippen molar-refractivity contribution < 1.29 is 14.3 Å². The van der Waals surface area contributed by atoms with Crippen molar-refractivity contribution in [3.05, 3.63) is 53.7 Å². The van der Waals surface area contributed by atoms with Gasteiger partial charge in [-0.15, -0.1) is 0 Å². The fourth-order valence-corrected chi connectivity index (χ4v) is 3.42. The summed E-state index contributed by atoms with van der Waals surface area (Å²) in [7, 11) is 0. The van der Waals surface area contributed by atoms with Gasteiger partial charge >= 0.3 is 5.97 Å². The van der Waals surface area contributed by atoms with Crippen molar-refractivity contribution in [1.82, 2.24) is 4.98 Å². The first-order chi connectivity index (χ1) is 13.7. The summed E-state index contributed by atoms with van der Waals surface area (Å²) in [4.78, 5) is 29.0. The van der Waals surface area contributed by atoms with E-state index >= 15 is 0 Å². The van der Waals surface area contributed by atoms with Crippen LogP contribution in [0.3, 0.4) is 0 Å². The minimum atomic E-state index is -0.459. The van der Waals surface area contributed by atoms with Gasteiger partial charge in [0.1, 0.15) is 5.82 Å². The zero-order valence-electron chi connectivity index (χ0n) is 16.2. The molecular formula is C22H27N3O3. The smallest absolute Gasteiger partial charge is 0.340 e. The van der Waals surface area contributed by atoms with E-state index in [4.69, 9.17) is 4.74 Å². The minimum absolute atomic E-state index is 0.278. The Morgan fingerprint density at radius 1 is 1.07 bits per heavy atom. The first kappa shape index (κ1) is 19.9. The number of esters is 1. The average molecular weight is 381 g/mol. The van der Waals surface area contributed by atoms with E-state index < -0.39 is 5.97 Å². The number of nitrogens with one attached hydrogen (secondary N) is 2. The summed E-state index contributed by atoms with van der Waals surface area (Å²) in [6, 6.07) is 10.8. The molecule has 0 bridgehead atoms. The molecule has 0 radical (unpaired) electrons. The number of ether oxygens (including phenoxy) is 1. The first-order valence-corrected chi connectivity index (χ1v) is 9.97. The zero-order chi connectivity index (χ0) is 19.8. The maximum atomic E-state index is 12.6. The van der Waals surface area contributed by atoms with Gasteiger partial charge in [0.2, 0.25) is 0 Å². The van der Waals surface area contributed by atoms with Crippen molar-refractivity contribution in [3.63, 3.8) is 0 Å². The van der Waals surface area contributed by atoms with Gasteiger partial charge in [0, 0.05) is 12.2 Å². The van der Waals surface area contributed by atoms with Gasteiger partial charge in [-0.1, -0.05) is 37.8 Å². The van der Waals surface area contributed by atoms with Crippen LogP contribution in [0.4, 0.5) is 11.5 Å². The standard InChI is InChI=1S/C22H27N3O3/c1-2-28-22(27)18-11-7-8-12-19(18)25-21(26)16-13-14-20(23-15-16)24-17-9-5-3-4-6-10-17/h7-8,11-15,17H,2-6,9-10H2,1H3,(H,23,24)(H,25,26). The molecule has 0 aliphatic heterocycles. The lowest BCUT2D eigenvalue weighted by atomic mass is 10.1. The zero-order valence-corrected chi connectivity index (χ0v) is 16.2. The van der Waals surface area contributed by atoms with E-state index in [0.717, 1.165) is 18.7 Å². The number of amides is 1. The summed E-state index contributed by atoms with van der Waals surface area (Å²) >= 11 is 0. The quantitative estimate of drug-likeness (QED) is 0.562. The number of benzene rings is 1. The van der Waals surface area contributed by atoms with Crippen molar-refractivity contribution in [2.24, 2.45) is 0 Å². The Labute approximate surface area is 165 Å². The van der Waals surface area contributed by atoms with Crippen LogP contribution in [0, 0.1) is 0 Å². The van der Waals surface area contributed by atoms with Gasteiger partial charge in [0.05, 0.1) is 23.4 Å². The molecule has 0 saturated heterocycles. The molecule has 28 heavy (non-hydrogen) atoms. The van der Waals surface area contributed by atoms with E-state index in [-0.39, 0.29) is 12.5 Å². The number of nitrogens with zero attached hydrogens (tertiary/aromatic N) is 1. The van der Waals surface area contributed by atoms with E-state index in [0.29, 0.717) is 22.9 Å². The SMILES string of the molecule is CCOC(=O)c1ccccc1NC(=O)c1ccc(NC2CCCCCC2)nc1. The highest BCUT2D eigenvalue weighted by Crippen LogP contribution is 2.21. The molecule has 6 nitrogen and oxygen atoms in total. The Hall–Kier alpha value is -2.89. The molecule has 6 heteroatoms. The number of rotatable bonds is 6. The van der Waals surface area contributed by atoms with Crippen LogP contribution in [-0.4, -0.2) is 29.5 Å². The van der Waals surface area contributed by atoms with Gasteiger partial charge < -0.3 is 15.4 Å². The second-order valence-electron chi connectivity index (χ2n) is 6.99. The van der Waals surface area contributed by atoms with Crippen LogP contribution in [0.25, 0.3) is 0 Å². The highest BCUT2D eigenvalue weighted by molar-refractivity contribution is 6.07. The molecule has 3 rings (SSSR count). The van der Waals surface area contributed by atoms with Gasteiger partial charge in [-0.3, -0.25) is 4.79 Å². The van der Waals surface area contributed by atoms with Crippen molar-refractivity contribution in [1.29, 1.82) is 0 Å². The van der Waals surface area contributed by atoms with Crippen LogP contribution in [0.2, 0.25) is 0 Å². The summed E-state index contributed by atoms with van der Waals surface area (Å²) in [5.74, 6) is 0.0140. The minimum Gasteiger partial charge on any atom is -0.462 e. The van der Waals surface area contributed by atoms with Crippen LogP contribution in [0.1, 0.15) is 66.2 Å². The molecule has 0 spiro atoms. The molecule has 1 fully saturated rings. The lowest BCUT2D eigenvalue weighted by Crippen LogP contribution is -2.19. The fourth-order valence-electron chi connectivity index (χ4n) is 3.42. The largest absolute Gasteiger partial charge is 0.462 e. The summed E-state index contributed by atoms with van der Waals surface area (Å²) in [6.45, 7) is 2.02. The lowest BCUT2D eigenvalue weighted by molar-refractivity contribution is 0.0527. The molecule has 0 unspecified atom stereocenters. The molecule has 1 aromatic carbocycles. The maximum Gasteiger partial charge on any atom is 0.340 e. The molecule has 1 aliphatic carbocycles. The van der Waals surface area contributed by atoms with E-state index in [9.17, 15) is 9.59 Å². The third kappa shape index (κ3) is 5.31. The Morgan fingerprint density at radius 2 is 1.82 bits per heavy atom. The van der Waals surface area contributed by atoms with Crippen molar-refractivity contribution in [2.75, 3.05) is 17.2 Å². The summed E-state index contributed by atoms with van der Waals surface area (Å²) in [5, 5.41) is 6.25. The molecule has 1 aliphatic rings. The van der Waals surface area contributed by atoms with E-state index in [1.807, 2.05) is 6.07 Å². The van der Waals surface area contributed by atoms with Gasteiger partial charge in [0.15, 0.2) is 0 Å². The van der Waals surface area contributed by atoms with Crippen LogP contribution < -0.4 is 10.6 Å². The molecule has 0 atom stereocenters. The summed E-state index contributed by atoms with van der Waals surface area (Å²) in [6.07, 6.45) is 8.98. The fraction of sp³-hybridized carbons (Fsp3) is 0.409. The predicted octanol–water partition coefficient (Wildman–Crippen LogP) is 4.65. The molecule has 1 aromatic heterocycles. The molecular weight excluding hydrogens is 354 g/mol. The monoisotopic (exact) mass is 381 g/mol. The van der Waals surface area contributed by atoms with Crippen molar-refractivity contribution in [3.8, 4) is 0 Å². The third-order valence-electron chi connectivity index (χ3n) is 4.90. The third-order valence-corrected chi connectivity index (χ3v) is 4.90. The van der Waals surface area contributed by atoms with Gasteiger partial charge in [-0.2, -0.15) is 0 Å².